The topological polar surface area (TPSA) is 0 Å². The average Bonchev–Trinajstić information content (AvgIpc) is 3.59. The van der Waals surface area contributed by atoms with E-state index >= 15 is 0 Å². The maximum atomic E-state index is 3.60. The summed E-state index contributed by atoms with van der Waals surface area (Å²) < 4.78 is 0. The van der Waals surface area contributed by atoms with Crippen molar-refractivity contribution in [2.45, 2.75) is 76.3 Å². The predicted octanol–water partition coefficient (Wildman–Crippen LogP) is 8.92. The van der Waals surface area contributed by atoms with Gasteiger partial charge in [0, 0.05) is 35.4 Å². The van der Waals surface area contributed by atoms with Crippen LogP contribution >= 0.6 is 0 Å². The van der Waals surface area contributed by atoms with E-state index in [4.69, 9.17) is 0 Å². The zero-order valence-electron chi connectivity index (χ0n) is 19.9. The van der Waals surface area contributed by atoms with E-state index in [1.54, 1.807) is 5.92 Å². The van der Waals surface area contributed by atoms with E-state index in [0.29, 0.717) is 11.8 Å². The normalized spacial score (nSPS) is 19.4. The van der Waals surface area contributed by atoms with Crippen LogP contribution in [0, 0.1) is 12.8 Å². The van der Waals surface area contributed by atoms with Gasteiger partial charge in [-0.2, -0.15) is 12.8 Å². The van der Waals surface area contributed by atoms with E-state index in [9.17, 15) is 0 Å². The molecule has 168 valence electrons. The van der Waals surface area contributed by atoms with Crippen LogP contribution in [0.15, 0.2) is 60.7 Å². The third-order valence-electron chi connectivity index (χ3n) is 6.25. The van der Waals surface area contributed by atoms with Crippen LogP contribution in [0.25, 0.3) is 12.2 Å². The third kappa shape index (κ3) is 7.25. The Hall–Kier alpha value is -0.993. The molecule has 1 saturated heterocycles. The zero-order valence-corrected chi connectivity index (χ0v) is 24.5. The minimum atomic E-state index is 0. The van der Waals surface area contributed by atoms with Gasteiger partial charge in [0.05, 0.1) is 0 Å². The first kappa shape index (κ1) is 27.3. The van der Waals surface area contributed by atoms with Gasteiger partial charge >= 0.3 is 0 Å². The van der Waals surface area contributed by atoms with E-state index in [-0.39, 0.29) is 25.8 Å². The Morgan fingerprint density at radius 2 is 1.28 bits per heavy atom. The summed E-state index contributed by atoms with van der Waals surface area (Å²) in [7, 11) is 1.31. The summed E-state index contributed by atoms with van der Waals surface area (Å²) in [5, 5.41) is 0. The van der Waals surface area contributed by atoms with E-state index < -0.39 is 0 Å². The molecule has 2 aromatic rings. The van der Waals surface area contributed by atoms with Gasteiger partial charge in [-0.15, -0.1) is 24.0 Å². The molecule has 3 aliphatic rings. The second kappa shape index (κ2) is 15.0. The Balaban J connectivity index is 0.000000307. The van der Waals surface area contributed by atoms with Crippen LogP contribution in [0.1, 0.15) is 86.5 Å². The van der Waals surface area contributed by atoms with E-state index in [2.05, 4.69) is 93.6 Å². The van der Waals surface area contributed by atoms with Crippen molar-refractivity contribution in [3.05, 3.63) is 95.8 Å². The molecule has 32 heavy (non-hydrogen) atoms. The molecule has 2 aliphatic carbocycles. The van der Waals surface area contributed by atoms with Crippen LogP contribution in [0.4, 0.5) is 0 Å². The molecule has 0 nitrogen and oxygen atoms in total. The molecule has 2 heteroatoms. The monoisotopic (exact) mass is 606 g/mol. The molecule has 2 atom stereocenters. The molecule has 0 spiro atoms. The molecule has 0 bridgehead atoms. The van der Waals surface area contributed by atoms with Crippen molar-refractivity contribution >= 4 is 21.7 Å². The molecule has 1 heterocycles. The van der Waals surface area contributed by atoms with Gasteiger partial charge in [0.25, 0.3) is 0 Å². The summed E-state index contributed by atoms with van der Waals surface area (Å²) in [5.41, 5.74) is 5.72. The molecule has 0 N–H and O–H groups in total. The first-order chi connectivity index (χ1) is 15.3. The summed E-state index contributed by atoms with van der Waals surface area (Å²) in [6, 6.07) is 20.7. The summed E-state index contributed by atoms with van der Waals surface area (Å²) in [4.78, 5) is 0. The van der Waals surface area contributed by atoms with Crippen molar-refractivity contribution in [3.8, 4) is 0 Å². The van der Waals surface area contributed by atoms with Crippen LogP contribution in [-0.4, -0.2) is 9.52 Å². The largest absolute Gasteiger partial charge is 0.343 e. The number of rotatable bonds is 5. The van der Waals surface area contributed by atoms with Crippen LogP contribution < -0.4 is 0 Å². The van der Waals surface area contributed by atoms with Gasteiger partial charge in [-0.1, -0.05) is 123 Å². The SMILES string of the molecule is C1CC[Si]C1.CCC[C-](C1C=Cc2ccccc21)C1C=Cc2ccccc21.[CH2-]CCC.[Hf]. The smallest absolute Gasteiger partial charge is 0.0377 e. The van der Waals surface area contributed by atoms with Crippen LogP contribution in [-0.2, 0) is 25.8 Å². The first-order valence-electron chi connectivity index (χ1n) is 12.2. The van der Waals surface area contributed by atoms with Gasteiger partial charge in [-0.3, -0.25) is 5.92 Å². The zero-order chi connectivity index (χ0) is 21.9. The third-order valence-corrected chi connectivity index (χ3v) is 7.66. The fourth-order valence-electron chi connectivity index (χ4n) is 4.56. The quantitative estimate of drug-likeness (QED) is 0.236. The van der Waals surface area contributed by atoms with Gasteiger partial charge in [0.2, 0.25) is 0 Å². The Bertz CT molecular complexity index is 778. The minimum Gasteiger partial charge on any atom is -0.343 e. The van der Waals surface area contributed by atoms with Crippen molar-refractivity contribution in [3.63, 3.8) is 0 Å². The Morgan fingerprint density at radius 3 is 1.66 bits per heavy atom. The number of benzene rings is 2. The van der Waals surface area contributed by atoms with Gasteiger partial charge in [0.1, 0.15) is 0 Å². The van der Waals surface area contributed by atoms with Crippen molar-refractivity contribution in [2.24, 2.45) is 0 Å². The number of unbranched alkanes of at least 4 members (excludes halogenated alkanes) is 1. The molecule has 2 unspecified atom stereocenters. The summed E-state index contributed by atoms with van der Waals surface area (Å²) in [6.07, 6.45) is 17.1. The molecule has 1 aliphatic heterocycles. The molecular formula is C30H38HfSi-2. The molecule has 2 aromatic carbocycles. The van der Waals surface area contributed by atoms with Gasteiger partial charge in [0.15, 0.2) is 0 Å². The average molecular weight is 605 g/mol. The maximum absolute atomic E-state index is 3.60. The minimum absolute atomic E-state index is 0. The predicted molar refractivity (Wildman–Crippen MR) is 139 cm³/mol. The Labute approximate surface area is 218 Å². The van der Waals surface area contributed by atoms with Crippen LogP contribution in [0.2, 0.25) is 12.1 Å². The molecular weight excluding hydrogens is 567 g/mol. The van der Waals surface area contributed by atoms with E-state index in [1.807, 2.05) is 0 Å². The van der Waals surface area contributed by atoms with Gasteiger partial charge < -0.3 is 6.92 Å². The summed E-state index contributed by atoms with van der Waals surface area (Å²) in [5.74, 6) is 2.58. The van der Waals surface area contributed by atoms with Gasteiger partial charge in [-0.05, 0) is 11.1 Å². The number of hydrogen-bond acceptors (Lipinski definition) is 0. The number of allylic oxidation sites excluding steroid dienone is 2. The van der Waals surface area contributed by atoms with Crippen molar-refractivity contribution in [1.29, 1.82) is 0 Å². The molecule has 0 aromatic heterocycles. The van der Waals surface area contributed by atoms with Crippen LogP contribution in [0.3, 0.4) is 0 Å². The number of fused-ring (bicyclic) bond motifs is 2. The Morgan fingerprint density at radius 1 is 0.812 bits per heavy atom. The maximum Gasteiger partial charge on any atom is 0.0377 e. The molecule has 5 rings (SSSR count). The summed E-state index contributed by atoms with van der Waals surface area (Å²) in [6.45, 7) is 8.01. The van der Waals surface area contributed by atoms with Crippen molar-refractivity contribution in [2.75, 3.05) is 0 Å². The van der Waals surface area contributed by atoms with E-state index in [1.165, 1.54) is 76.0 Å². The number of hydrogen-bond donors (Lipinski definition) is 0. The second-order valence-electron chi connectivity index (χ2n) is 8.57. The molecule has 2 radical (unpaired) electrons. The van der Waals surface area contributed by atoms with Crippen LogP contribution in [0.5, 0.6) is 0 Å². The van der Waals surface area contributed by atoms with Crippen molar-refractivity contribution in [1.82, 2.24) is 0 Å². The fraction of sp³-hybridized carbons (Fsp3) is 0.400. The summed E-state index contributed by atoms with van der Waals surface area (Å²) >= 11 is 0. The Kier molecular flexibility index (Phi) is 12.8. The van der Waals surface area contributed by atoms with Crippen molar-refractivity contribution < 1.29 is 25.8 Å². The molecule has 1 fully saturated rings. The molecule has 0 saturated carbocycles. The standard InChI is InChI=1S/C22H21.C4H8Si.C4H9.Hf/c1-2-7-20(21-14-12-16-8-3-5-10-18(16)21)22-15-13-17-9-4-6-11-19(17)22;1-2-4-5-3-1;1-3-4-2;/h3-6,8-15,21-22H,2,7H2,1H3;1-4H2;1,3-4H2,2H3;/q-1;;-1;. The molecule has 0 amide bonds. The fourth-order valence-corrected chi connectivity index (χ4v) is 5.81. The first-order valence-corrected chi connectivity index (χ1v) is 13.6. The second-order valence-corrected chi connectivity index (χ2v) is 10.1. The van der Waals surface area contributed by atoms with E-state index in [0.717, 1.165) is 6.42 Å². The van der Waals surface area contributed by atoms with Gasteiger partial charge in [-0.25, -0.2) is 0 Å².